The van der Waals surface area contributed by atoms with Gasteiger partial charge < -0.3 is 25.4 Å². The lowest BCUT2D eigenvalue weighted by Crippen LogP contribution is -2.38. The maximum atomic E-state index is 5.77. The van der Waals surface area contributed by atoms with Crippen LogP contribution in [0.1, 0.15) is 26.2 Å². The lowest BCUT2D eigenvalue weighted by atomic mass is 10.3. The zero-order valence-corrected chi connectivity index (χ0v) is 18.0. The quantitative estimate of drug-likeness (QED) is 0.199. The predicted octanol–water partition coefficient (Wildman–Crippen LogP) is 2.86. The van der Waals surface area contributed by atoms with Gasteiger partial charge >= 0.3 is 0 Å². The van der Waals surface area contributed by atoms with Crippen LogP contribution >= 0.6 is 24.0 Å². The molecular formula is C19H33IN4O2. The predicted molar refractivity (Wildman–Crippen MR) is 119 cm³/mol. The third-order valence-electron chi connectivity index (χ3n) is 3.91. The molecule has 148 valence electrons. The van der Waals surface area contributed by atoms with Gasteiger partial charge in [-0.05, 0) is 38.3 Å². The van der Waals surface area contributed by atoms with E-state index in [-0.39, 0.29) is 24.0 Å². The number of nitrogens with one attached hydrogen (secondary N) is 3. The van der Waals surface area contributed by atoms with Gasteiger partial charge in [0.2, 0.25) is 0 Å². The maximum Gasteiger partial charge on any atom is 0.191 e. The van der Waals surface area contributed by atoms with E-state index in [1.807, 2.05) is 18.2 Å². The highest BCUT2D eigenvalue weighted by Gasteiger charge is 2.15. The van der Waals surface area contributed by atoms with Crippen LogP contribution in [0.25, 0.3) is 0 Å². The molecule has 0 saturated carbocycles. The largest absolute Gasteiger partial charge is 0.385 e. The molecule has 1 aliphatic rings. The zero-order valence-electron chi connectivity index (χ0n) is 15.7. The van der Waals surface area contributed by atoms with Crippen LogP contribution in [-0.2, 0) is 9.47 Å². The van der Waals surface area contributed by atoms with E-state index in [1.54, 1.807) is 0 Å². The average Bonchev–Trinajstić information content (AvgIpc) is 3.15. The van der Waals surface area contributed by atoms with E-state index in [0.717, 1.165) is 76.9 Å². The van der Waals surface area contributed by atoms with Crippen molar-refractivity contribution >= 4 is 35.6 Å². The van der Waals surface area contributed by atoms with Crippen molar-refractivity contribution in [3.63, 3.8) is 0 Å². The molecule has 0 amide bonds. The molecule has 2 rings (SSSR count). The summed E-state index contributed by atoms with van der Waals surface area (Å²) in [6.07, 6.45) is 3.28. The van der Waals surface area contributed by atoms with Crippen molar-refractivity contribution in [1.29, 1.82) is 0 Å². The number of rotatable bonds is 11. The SMILES string of the molecule is CCNC(=NCCCNc1ccccc1)NCCCOC1CCOC1.I. The molecule has 6 nitrogen and oxygen atoms in total. The standard InChI is InChI=1S/C19H32N4O2.HI/c1-2-20-19(23-13-7-14-25-18-10-15-24-16-18)22-12-6-11-21-17-8-4-3-5-9-17;/h3-5,8-9,18,21H,2,6-7,10-16H2,1H3,(H2,20,22,23);1H. The molecule has 7 heteroatoms. The number of hydrogen-bond donors (Lipinski definition) is 3. The summed E-state index contributed by atoms with van der Waals surface area (Å²) in [5.74, 6) is 0.881. The van der Waals surface area contributed by atoms with Crippen molar-refractivity contribution in [2.45, 2.75) is 32.3 Å². The molecule has 1 atom stereocenters. The number of anilines is 1. The Bertz CT molecular complexity index is 482. The van der Waals surface area contributed by atoms with Gasteiger partial charge in [-0.1, -0.05) is 18.2 Å². The first-order valence-electron chi connectivity index (χ1n) is 9.39. The van der Waals surface area contributed by atoms with Crippen LogP contribution in [0.5, 0.6) is 0 Å². The maximum absolute atomic E-state index is 5.77. The zero-order chi connectivity index (χ0) is 17.6. The van der Waals surface area contributed by atoms with Crippen molar-refractivity contribution in [3.05, 3.63) is 30.3 Å². The van der Waals surface area contributed by atoms with Crippen LogP contribution in [0.2, 0.25) is 0 Å². The molecule has 3 N–H and O–H groups in total. The Balaban J connectivity index is 0.00000338. The number of benzene rings is 1. The summed E-state index contributed by atoms with van der Waals surface area (Å²) in [7, 11) is 0. The summed E-state index contributed by atoms with van der Waals surface area (Å²) in [4.78, 5) is 4.61. The van der Waals surface area contributed by atoms with Crippen LogP contribution in [-0.4, -0.2) is 58.1 Å². The minimum atomic E-state index is 0. The molecule has 0 aliphatic carbocycles. The Morgan fingerprint density at radius 2 is 2.04 bits per heavy atom. The topological polar surface area (TPSA) is 66.9 Å². The van der Waals surface area contributed by atoms with Gasteiger partial charge in [-0.3, -0.25) is 4.99 Å². The molecule has 1 saturated heterocycles. The fraction of sp³-hybridized carbons (Fsp3) is 0.632. The molecule has 1 aliphatic heterocycles. The number of aliphatic imine (C=N–C) groups is 1. The van der Waals surface area contributed by atoms with Crippen LogP contribution in [0.15, 0.2) is 35.3 Å². The second-order valence-electron chi connectivity index (χ2n) is 6.04. The molecule has 26 heavy (non-hydrogen) atoms. The Labute approximate surface area is 174 Å². The lowest BCUT2D eigenvalue weighted by molar-refractivity contribution is 0.0420. The van der Waals surface area contributed by atoms with Gasteiger partial charge in [0.25, 0.3) is 0 Å². The Hall–Kier alpha value is -1.06. The van der Waals surface area contributed by atoms with E-state index >= 15 is 0 Å². The van der Waals surface area contributed by atoms with Crippen molar-refractivity contribution in [2.24, 2.45) is 4.99 Å². The Morgan fingerprint density at radius 1 is 1.19 bits per heavy atom. The first-order valence-corrected chi connectivity index (χ1v) is 9.39. The van der Waals surface area contributed by atoms with Crippen molar-refractivity contribution in [1.82, 2.24) is 10.6 Å². The minimum absolute atomic E-state index is 0. The monoisotopic (exact) mass is 476 g/mol. The highest BCUT2D eigenvalue weighted by Crippen LogP contribution is 2.08. The van der Waals surface area contributed by atoms with Gasteiger partial charge in [0, 0.05) is 45.1 Å². The summed E-state index contributed by atoms with van der Waals surface area (Å²) >= 11 is 0. The molecule has 0 spiro atoms. The molecule has 1 aromatic carbocycles. The van der Waals surface area contributed by atoms with Gasteiger partial charge in [-0.2, -0.15) is 0 Å². The number of ether oxygens (including phenoxy) is 2. The number of para-hydroxylation sites is 1. The second-order valence-corrected chi connectivity index (χ2v) is 6.04. The molecule has 0 bridgehead atoms. The summed E-state index contributed by atoms with van der Waals surface area (Å²) in [6, 6.07) is 10.3. The summed E-state index contributed by atoms with van der Waals surface area (Å²) in [6.45, 7) is 7.87. The van der Waals surface area contributed by atoms with E-state index in [0.29, 0.717) is 6.10 Å². The average molecular weight is 476 g/mol. The smallest absolute Gasteiger partial charge is 0.191 e. The van der Waals surface area contributed by atoms with Crippen molar-refractivity contribution in [3.8, 4) is 0 Å². The Kier molecular flexibility index (Phi) is 13.3. The molecular weight excluding hydrogens is 443 g/mol. The van der Waals surface area contributed by atoms with E-state index in [1.165, 1.54) is 0 Å². The highest BCUT2D eigenvalue weighted by molar-refractivity contribution is 14.0. The molecule has 0 radical (unpaired) electrons. The van der Waals surface area contributed by atoms with E-state index in [9.17, 15) is 0 Å². The lowest BCUT2D eigenvalue weighted by Gasteiger charge is -2.13. The molecule has 1 unspecified atom stereocenters. The van der Waals surface area contributed by atoms with Gasteiger partial charge in [0.15, 0.2) is 5.96 Å². The van der Waals surface area contributed by atoms with Crippen LogP contribution < -0.4 is 16.0 Å². The van der Waals surface area contributed by atoms with Gasteiger partial charge in [-0.25, -0.2) is 0 Å². The third-order valence-corrected chi connectivity index (χ3v) is 3.91. The second kappa shape index (κ2) is 15.0. The Morgan fingerprint density at radius 3 is 2.77 bits per heavy atom. The molecule has 1 fully saturated rings. The molecule has 1 aromatic rings. The summed E-state index contributed by atoms with van der Waals surface area (Å²) in [5, 5.41) is 10.0. The highest BCUT2D eigenvalue weighted by atomic mass is 127. The van der Waals surface area contributed by atoms with Gasteiger partial charge in [0.05, 0.1) is 12.7 Å². The van der Waals surface area contributed by atoms with Gasteiger partial charge in [-0.15, -0.1) is 24.0 Å². The first-order chi connectivity index (χ1) is 12.4. The van der Waals surface area contributed by atoms with Crippen molar-refractivity contribution in [2.75, 3.05) is 51.3 Å². The molecule has 1 heterocycles. The number of hydrogen-bond acceptors (Lipinski definition) is 4. The summed E-state index contributed by atoms with van der Waals surface area (Å²) in [5.41, 5.74) is 1.16. The summed E-state index contributed by atoms with van der Waals surface area (Å²) < 4.78 is 11.1. The normalized spacial score (nSPS) is 16.8. The van der Waals surface area contributed by atoms with E-state index in [2.05, 4.69) is 40.0 Å². The fourth-order valence-corrected chi connectivity index (χ4v) is 2.57. The minimum Gasteiger partial charge on any atom is -0.385 e. The first kappa shape index (κ1) is 23.0. The van der Waals surface area contributed by atoms with Gasteiger partial charge in [0.1, 0.15) is 0 Å². The number of halogens is 1. The fourth-order valence-electron chi connectivity index (χ4n) is 2.57. The van der Waals surface area contributed by atoms with Crippen LogP contribution in [0.3, 0.4) is 0 Å². The third kappa shape index (κ3) is 10.2. The van der Waals surface area contributed by atoms with E-state index in [4.69, 9.17) is 9.47 Å². The number of nitrogens with zero attached hydrogens (tertiary/aromatic N) is 1. The van der Waals surface area contributed by atoms with E-state index < -0.39 is 0 Å². The number of guanidine groups is 1. The molecule has 0 aromatic heterocycles. The van der Waals surface area contributed by atoms with Crippen molar-refractivity contribution < 1.29 is 9.47 Å². The van der Waals surface area contributed by atoms with Crippen LogP contribution in [0.4, 0.5) is 5.69 Å². The van der Waals surface area contributed by atoms with Crippen LogP contribution in [0, 0.1) is 0 Å².